The summed E-state index contributed by atoms with van der Waals surface area (Å²) in [5.41, 5.74) is 2.15. The number of aromatic nitrogens is 2. The van der Waals surface area contributed by atoms with Crippen molar-refractivity contribution in [3.8, 4) is 0 Å². The van der Waals surface area contributed by atoms with E-state index in [1.165, 1.54) is 44.9 Å². The van der Waals surface area contributed by atoms with Gasteiger partial charge >= 0.3 is 0 Å². The first-order valence-corrected chi connectivity index (χ1v) is 9.43. The lowest BCUT2D eigenvalue weighted by molar-refractivity contribution is 0.470. The molecule has 0 aromatic carbocycles. The molecule has 132 valence electrons. The second-order valence-electron chi connectivity index (χ2n) is 6.60. The van der Waals surface area contributed by atoms with Gasteiger partial charge in [-0.3, -0.25) is 0 Å². The van der Waals surface area contributed by atoms with Gasteiger partial charge < -0.3 is 10.6 Å². The van der Waals surface area contributed by atoms with Crippen LogP contribution in [0.15, 0.2) is 30.1 Å². The fourth-order valence-corrected chi connectivity index (χ4v) is 3.13. The summed E-state index contributed by atoms with van der Waals surface area (Å²) in [4.78, 5) is 9.15. The standard InChI is InChI=1S/C20H32N4/c1-4-11-17(12-5-2)23-20-21-15-16(3)19(24-20)22-18-13-9-7-6-8-10-14-18/h4,11-12,15,18H,5-10,13-14H2,1-3H3,(H2,21,22,23,24)/b11-4-,17-12+. The van der Waals surface area contributed by atoms with Crippen molar-refractivity contribution in [3.63, 3.8) is 0 Å². The number of hydrogen-bond donors (Lipinski definition) is 2. The van der Waals surface area contributed by atoms with E-state index in [0.717, 1.165) is 23.5 Å². The van der Waals surface area contributed by atoms with E-state index >= 15 is 0 Å². The van der Waals surface area contributed by atoms with Gasteiger partial charge in [-0.2, -0.15) is 4.98 Å². The van der Waals surface area contributed by atoms with E-state index in [1.54, 1.807) is 0 Å². The van der Waals surface area contributed by atoms with E-state index < -0.39 is 0 Å². The molecule has 0 saturated heterocycles. The highest BCUT2D eigenvalue weighted by Gasteiger charge is 2.13. The fraction of sp³-hybridized carbons (Fsp3) is 0.600. The minimum Gasteiger partial charge on any atom is -0.367 e. The van der Waals surface area contributed by atoms with Crippen LogP contribution in [-0.2, 0) is 0 Å². The van der Waals surface area contributed by atoms with Crippen LogP contribution < -0.4 is 10.6 Å². The van der Waals surface area contributed by atoms with Gasteiger partial charge in [0.05, 0.1) is 0 Å². The van der Waals surface area contributed by atoms with Crippen molar-refractivity contribution in [1.29, 1.82) is 0 Å². The molecule has 0 unspecified atom stereocenters. The van der Waals surface area contributed by atoms with Crippen molar-refractivity contribution in [3.05, 3.63) is 35.7 Å². The Hall–Kier alpha value is -1.84. The Bertz CT molecular complexity index is 555. The van der Waals surface area contributed by atoms with Crippen molar-refractivity contribution < 1.29 is 0 Å². The van der Waals surface area contributed by atoms with Gasteiger partial charge in [0.1, 0.15) is 5.82 Å². The molecule has 4 nitrogen and oxygen atoms in total. The maximum atomic E-state index is 4.72. The van der Waals surface area contributed by atoms with Crippen molar-refractivity contribution in [2.24, 2.45) is 0 Å². The van der Waals surface area contributed by atoms with Crippen molar-refractivity contribution in [2.75, 3.05) is 10.6 Å². The second kappa shape index (κ2) is 10.1. The van der Waals surface area contributed by atoms with Crippen molar-refractivity contribution in [1.82, 2.24) is 9.97 Å². The molecule has 2 rings (SSSR count). The zero-order chi connectivity index (χ0) is 17.2. The Morgan fingerprint density at radius 2 is 1.92 bits per heavy atom. The minimum absolute atomic E-state index is 0.535. The van der Waals surface area contributed by atoms with Crippen LogP contribution in [0, 0.1) is 6.92 Å². The fourth-order valence-electron chi connectivity index (χ4n) is 3.13. The summed E-state index contributed by atoms with van der Waals surface area (Å²) < 4.78 is 0. The highest BCUT2D eigenvalue weighted by Crippen LogP contribution is 2.22. The average Bonchev–Trinajstić information content (AvgIpc) is 2.53. The molecule has 0 bridgehead atoms. The Balaban J connectivity index is 2.08. The zero-order valence-corrected chi connectivity index (χ0v) is 15.4. The molecule has 0 aliphatic heterocycles. The SMILES string of the molecule is C/C=C\C(=C/CC)Nc1ncc(C)c(NC2CCCCCCC2)n1. The van der Waals surface area contributed by atoms with E-state index in [9.17, 15) is 0 Å². The van der Waals surface area contributed by atoms with E-state index in [4.69, 9.17) is 4.98 Å². The summed E-state index contributed by atoms with van der Waals surface area (Å²) in [7, 11) is 0. The van der Waals surface area contributed by atoms with Gasteiger partial charge in [-0.25, -0.2) is 4.98 Å². The molecular weight excluding hydrogens is 296 g/mol. The molecule has 0 radical (unpaired) electrons. The van der Waals surface area contributed by atoms with Gasteiger partial charge in [-0.05, 0) is 39.2 Å². The smallest absolute Gasteiger partial charge is 0.229 e. The van der Waals surface area contributed by atoms with E-state index in [-0.39, 0.29) is 0 Å². The molecule has 2 N–H and O–H groups in total. The monoisotopic (exact) mass is 328 g/mol. The van der Waals surface area contributed by atoms with Crippen molar-refractivity contribution in [2.45, 2.75) is 78.2 Å². The second-order valence-corrected chi connectivity index (χ2v) is 6.60. The van der Waals surface area contributed by atoms with Crippen LogP contribution in [0.25, 0.3) is 0 Å². The molecule has 1 saturated carbocycles. The van der Waals surface area contributed by atoms with E-state index in [1.807, 2.05) is 19.2 Å². The largest absolute Gasteiger partial charge is 0.367 e. The lowest BCUT2D eigenvalue weighted by atomic mass is 9.96. The van der Waals surface area contributed by atoms with Crippen LogP contribution in [0.3, 0.4) is 0 Å². The Morgan fingerprint density at radius 3 is 2.58 bits per heavy atom. The molecule has 0 spiro atoms. The highest BCUT2D eigenvalue weighted by atomic mass is 15.1. The Labute approximate surface area is 146 Å². The third kappa shape index (κ3) is 5.99. The highest BCUT2D eigenvalue weighted by molar-refractivity contribution is 5.49. The van der Waals surface area contributed by atoms with Crippen LogP contribution >= 0.6 is 0 Å². The van der Waals surface area contributed by atoms with Crippen LogP contribution in [0.5, 0.6) is 0 Å². The summed E-state index contributed by atoms with van der Waals surface area (Å²) in [6.45, 7) is 6.22. The number of rotatable bonds is 6. The first kappa shape index (κ1) is 18.5. The zero-order valence-electron chi connectivity index (χ0n) is 15.4. The summed E-state index contributed by atoms with van der Waals surface area (Å²) in [6, 6.07) is 0.535. The number of nitrogens with zero attached hydrogens (tertiary/aromatic N) is 2. The van der Waals surface area contributed by atoms with Crippen molar-refractivity contribution >= 4 is 11.8 Å². The maximum absolute atomic E-state index is 4.72. The molecular formula is C20H32N4. The first-order chi connectivity index (χ1) is 11.7. The van der Waals surface area contributed by atoms with Gasteiger partial charge in [-0.15, -0.1) is 0 Å². The first-order valence-electron chi connectivity index (χ1n) is 9.43. The molecule has 24 heavy (non-hydrogen) atoms. The third-order valence-corrected chi connectivity index (χ3v) is 4.44. The van der Waals surface area contributed by atoms with Crippen LogP contribution in [0.1, 0.15) is 70.8 Å². The number of nitrogens with one attached hydrogen (secondary N) is 2. The summed E-state index contributed by atoms with van der Waals surface area (Å²) >= 11 is 0. The molecule has 1 aliphatic rings. The molecule has 1 aliphatic carbocycles. The lowest BCUT2D eigenvalue weighted by Gasteiger charge is -2.22. The van der Waals surface area contributed by atoms with Crippen LogP contribution in [0.4, 0.5) is 11.8 Å². The average molecular weight is 329 g/mol. The topological polar surface area (TPSA) is 49.8 Å². The van der Waals surface area contributed by atoms with Gasteiger partial charge in [0.15, 0.2) is 0 Å². The third-order valence-electron chi connectivity index (χ3n) is 4.44. The molecule has 4 heteroatoms. The van der Waals surface area contributed by atoms with E-state index in [0.29, 0.717) is 12.0 Å². The van der Waals surface area contributed by atoms with Gasteiger partial charge in [0, 0.05) is 23.5 Å². The van der Waals surface area contributed by atoms with Crippen LogP contribution in [-0.4, -0.2) is 16.0 Å². The quantitative estimate of drug-likeness (QED) is 0.668. The van der Waals surface area contributed by atoms with Gasteiger partial charge in [0.2, 0.25) is 5.95 Å². The molecule has 0 amide bonds. The van der Waals surface area contributed by atoms with E-state index in [2.05, 4.69) is 41.6 Å². The van der Waals surface area contributed by atoms with Crippen LogP contribution in [0.2, 0.25) is 0 Å². The Morgan fingerprint density at radius 1 is 1.21 bits per heavy atom. The molecule has 1 fully saturated rings. The predicted molar refractivity (Wildman–Crippen MR) is 103 cm³/mol. The summed E-state index contributed by atoms with van der Waals surface area (Å²) in [5.74, 6) is 1.63. The molecule has 1 heterocycles. The Kier molecular flexibility index (Phi) is 7.80. The normalized spacial score (nSPS) is 17.5. The van der Waals surface area contributed by atoms with Gasteiger partial charge in [0.25, 0.3) is 0 Å². The number of hydrogen-bond acceptors (Lipinski definition) is 4. The number of aryl methyl sites for hydroxylation is 1. The minimum atomic E-state index is 0.535. The maximum Gasteiger partial charge on any atom is 0.229 e. The summed E-state index contributed by atoms with van der Waals surface area (Å²) in [5, 5.41) is 6.99. The molecule has 1 aromatic heterocycles. The summed E-state index contributed by atoms with van der Waals surface area (Å²) in [6.07, 6.45) is 18.3. The number of allylic oxidation sites excluding steroid dienone is 3. The molecule has 1 aromatic rings. The molecule has 0 atom stereocenters. The van der Waals surface area contributed by atoms with Gasteiger partial charge in [-0.1, -0.05) is 51.2 Å². The predicted octanol–water partition coefficient (Wildman–Crippen LogP) is 5.59. The number of anilines is 2. The lowest BCUT2D eigenvalue weighted by Crippen LogP contribution is -2.22.